The second kappa shape index (κ2) is 9.70. The molecule has 0 saturated heterocycles. The molecule has 0 aliphatic heterocycles. The number of rotatable bonds is 6. The first-order chi connectivity index (χ1) is 7.74. The third kappa shape index (κ3) is 6.88. The van der Waals surface area contributed by atoms with E-state index in [1.54, 1.807) is 11.3 Å². The molecule has 0 spiro atoms. The van der Waals surface area contributed by atoms with Crippen LogP contribution in [0.2, 0.25) is 0 Å². The number of thiophene rings is 1. The lowest BCUT2D eigenvalue weighted by Gasteiger charge is -2.08. The van der Waals surface area contributed by atoms with Gasteiger partial charge in [0.05, 0.1) is 6.54 Å². The molecule has 0 aliphatic carbocycles. The minimum atomic E-state index is 0. The van der Waals surface area contributed by atoms with Crippen molar-refractivity contribution in [2.24, 2.45) is 10.7 Å². The number of guanidine groups is 1. The predicted octanol–water partition coefficient (Wildman–Crippen LogP) is 3.17. The lowest BCUT2D eigenvalue weighted by atomic mass is 10.1. The Balaban J connectivity index is 0.00000256. The highest BCUT2D eigenvalue weighted by Gasteiger charge is 2.05. The highest BCUT2D eigenvalue weighted by Crippen LogP contribution is 2.20. The lowest BCUT2D eigenvalue weighted by molar-refractivity contribution is 0.738. The van der Waals surface area contributed by atoms with Crippen LogP contribution < -0.4 is 11.1 Å². The van der Waals surface area contributed by atoms with Crippen LogP contribution in [0, 0.1) is 0 Å². The first-order valence-corrected chi connectivity index (χ1v) is 6.69. The summed E-state index contributed by atoms with van der Waals surface area (Å²) in [6, 6.07) is 4.22. The first-order valence-electron chi connectivity index (χ1n) is 5.81. The zero-order chi connectivity index (χ0) is 11.8. The van der Waals surface area contributed by atoms with E-state index < -0.39 is 0 Å². The van der Waals surface area contributed by atoms with Gasteiger partial charge in [0.25, 0.3) is 0 Å². The zero-order valence-corrected chi connectivity index (χ0v) is 13.6. The van der Waals surface area contributed by atoms with Crippen LogP contribution >= 0.6 is 35.3 Å². The molecule has 1 aromatic heterocycles. The van der Waals surface area contributed by atoms with E-state index in [0.717, 1.165) is 19.5 Å². The number of hydrogen-bond acceptors (Lipinski definition) is 2. The van der Waals surface area contributed by atoms with Crippen LogP contribution in [0.15, 0.2) is 22.5 Å². The third-order valence-corrected chi connectivity index (χ3v) is 3.50. The summed E-state index contributed by atoms with van der Waals surface area (Å²) < 4.78 is 0. The van der Waals surface area contributed by atoms with Crippen LogP contribution in [0.3, 0.4) is 0 Å². The molecule has 5 heteroatoms. The molecule has 0 amide bonds. The Morgan fingerprint density at radius 2 is 2.35 bits per heavy atom. The van der Waals surface area contributed by atoms with E-state index in [9.17, 15) is 0 Å². The Kier molecular flexibility index (Phi) is 9.53. The average Bonchev–Trinajstić information content (AvgIpc) is 2.79. The van der Waals surface area contributed by atoms with Crippen molar-refractivity contribution in [2.45, 2.75) is 32.6 Å². The van der Waals surface area contributed by atoms with Crippen molar-refractivity contribution < 1.29 is 0 Å². The summed E-state index contributed by atoms with van der Waals surface area (Å²) >= 11 is 1.77. The van der Waals surface area contributed by atoms with Crippen molar-refractivity contribution in [3.8, 4) is 0 Å². The van der Waals surface area contributed by atoms with E-state index >= 15 is 0 Å². The molecule has 98 valence electrons. The zero-order valence-electron chi connectivity index (χ0n) is 10.5. The molecule has 3 nitrogen and oxygen atoms in total. The topological polar surface area (TPSA) is 50.4 Å². The SMILES string of the molecule is CCCCNC(N)=NCC(C)c1cccs1.I. The molecule has 0 fully saturated rings. The first kappa shape index (κ1) is 16.7. The Morgan fingerprint density at radius 1 is 1.59 bits per heavy atom. The van der Waals surface area contributed by atoms with E-state index in [0.29, 0.717) is 11.9 Å². The molecule has 3 N–H and O–H groups in total. The van der Waals surface area contributed by atoms with E-state index in [2.05, 4.69) is 41.7 Å². The summed E-state index contributed by atoms with van der Waals surface area (Å²) in [7, 11) is 0. The van der Waals surface area contributed by atoms with Gasteiger partial charge in [0.2, 0.25) is 0 Å². The molecule has 1 atom stereocenters. The fourth-order valence-electron chi connectivity index (χ4n) is 1.35. The van der Waals surface area contributed by atoms with Gasteiger partial charge in [-0.2, -0.15) is 0 Å². The number of aliphatic imine (C=N–C) groups is 1. The van der Waals surface area contributed by atoms with E-state index in [4.69, 9.17) is 5.73 Å². The smallest absolute Gasteiger partial charge is 0.188 e. The van der Waals surface area contributed by atoms with Crippen molar-refractivity contribution in [1.82, 2.24) is 5.32 Å². The van der Waals surface area contributed by atoms with Gasteiger partial charge in [-0.3, -0.25) is 4.99 Å². The van der Waals surface area contributed by atoms with Gasteiger partial charge in [0.1, 0.15) is 0 Å². The number of hydrogen-bond donors (Lipinski definition) is 2. The molecule has 0 aliphatic rings. The Hall–Kier alpha value is -0.300. The quantitative estimate of drug-likeness (QED) is 0.351. The summed E-state index contributed by atoms with van der Waals surface area (Å²) in [6.45, 7) is 6.01. The maximum atomic E-state index is 5.76. The molecule has 1 aromatic rings. The molecule has 0 bridgehead atoms. The molecule has 0 radical (unpaired) electrons. The van der Waals surface area contributed by atoms with Gasteiger partial charge in [-0.1, -0.05) is 26.3 Å². The number of halogens is 1. The lowest BCUT2D eigenvalue weighted by Crippen LogP contribution is -2.32. The second-order valence-corrected chi connectivity index (χ2v) is 4.90. The molecule has 1 heterocycles. The second-order valence-electron chi connectivity index (χ2n) is 3.92. The van der Waals surface area contributed by atoms with Gasteiger partial charge in [-0.05, 0) is 17.9 Å². The fraction of sp³-hybridized carbons (Fsp3) is 0.583. The third-order valence-electron chi connectivity index (χ3n) is 2.40. The summed E-state index contributed by atoms with van der Waals surface area (Å²) in [4.78, 5) is 5.71. The molecular formula is C12H22IN3S. The normalized spacial score (nSPS) is 12.9. The number of nitrogens with one attached hydrogen (secondary N) is 1. The van der Waals surface area contributed by atoms with Crippen LogP contribution in [-0.2, 0) is 0 Å². The largest absolute Gasteiger partial charge is 0.370 e. The molecule has 0 aromatic carbocycles. The number of nitrogens with two attached hydrogens (primary N) is 1. The number of unbranched alkanes of at least 4 members (excludes halogenated alkanes) is 1. The van der Waals surface area contributed by atoms with Gasteiger partial charge in [-0.15, -0.1) is 35.3 Å². The maximum absolute atomic E-state index is 5.76. The summed E-state index contributed by atoms with van der Waals surface area (Å²) in [6.07, 6.45) is 2.31. The van der Waals surface area contributed by atoms with Gasteiger partial charge in [-0.25, -0.2) is 0 Å². The summed E-state index contributed by atoms with van der Waals surface area (Å²) in [5.41, 5.74) is 5.76. The highest BCUT2D eigenvalue weighted by molar-refractivity contribution is 14.0. The molecular weight excluding hydrogens is 345 g/mol. The van der Waals surface area contributed by atoms with Gasteiger partial charge < -0.3 is 11.1 Å². The monoisotopic (exact) mass is 367 g/mol. The Bertz CT molecular complexity index is 312. The maximum Gasteiger partial charge on any atom is 0.188 e. The van der Waals surface area contributed by atoms with E-state index in [1.165, 1.54) is 11.3 Å². The number of nitrogens with zero attached hydrogens (tertiary/aromatic N) is 1. The fourth-order valence-corrected chi connectivity index (χ4v) is 2.12. The van der Waals surface area contributed by atoms with Crippen molar-refractivity contribution in [3.05, 3.63) is 22.4 Å². The van der Waals surface area contributed by atoms with Crippen molar-refractivity contribution in [1.29, 1.82) is 0 Å². The summed E-state index contributed by atoms with van der Waals surface area (Å²) in [5.74, 6) is 1.02. The predicted molar refractivity (Wildman–Crippen MR) is 87.5 cm³/mol. The highest BCUT2D eigenvalue weighted by atomic mass is 127. The Morgan fingerprint density at radius 3 is 2.94 bits per heavy atom. The standard InChI is InChI=1S/C12H21N3S.HI/c1-3-4-7-14-12(13)15-9-10(2)11-6-5-8-16-11;/h5-6,8,10H,3-4,7,9H2,1-2H3,(H3,13,14,15);1H. The van der Waals surface area contributed by atoms with Crippen LogP contribution in [0.4, 0.5) is 0 Å². The molecule has 0 saturated carbocycles. The molecule has 1 rings (SSSR count). The van der Waals surface area contributed by atoms with Gasteiger partial charge >= 0.3 is 0 Å². The molecule has 1 unspecified atom stereocenters. The van der Waals surface area contributed by atoms with Crippen molar-refractivity contribution in [3.63, 3.8) is 0 Å². The van der Waals surface area contributed by atoms with Gasteiger partial charge in [0, 0.05) is 17.3 Å². The summed E-state index contributed by atoms with van der Waals surface area (Å²) in [5, 5.41) is 5.21. The van der Waals surface area contributed by atoms with Crippen molar-refractivity contribution >= 4 is 41.3 Å². The van der Waals surface area contributed by atoms with E-state index in [1.807, 2.05) is 0 Å². The Labute approximate surface area is 125 Å². The van der Waals surface area contributed by atoms with E-state index in [-0.39, 0.29) is 24.0 Å². The minimum absolute atomic E-state index is 0. The van der Waals surface area contributed by atoms with Crippen LogP contribution in [0.25, 0.3) is 0 Å². The average molecular weight is 367 g/mol. The molecule has 17 heavy (non-hydrogen) atoms. The minimum Gasteiger partial charge on any atom is -0.370 e. The van der Waals surface area contributed by atoms with Crippen molar-refractivity contribution in [2.75, 3.05) is 13.1 Å². The van der Waals surface area contributed by atoms with Crippen LogP contribution in [-0.4, -0.2) is 19.0 Å². The van der Waals surface area contributed by atoms with Crippen LogP contribution in [0.1, 0.15) is 37.5 Å². The van der Waals surface area contributed by atoms with Gasteiger partial charge in [0.15, 0.2) is 5.96 Å². The van der Waals surface area contributed by atoms with Crippen LogP contribution in [0.5, 0.6) is 0 Å².